The van der Waals surface area contributed by atoms with Gasteiger partial charge in [0.2, 0.25) is 5.95 Å². The molecule has 2 rings (SSSR count). The zero-order chi connectivity index (χ0) is 13.8. The highest BCUT2D eigenvalue weighted by atomic mass is 19.1. The third kappa shape index (κ3) is 3.53. The molecule has 0 bridgehead atoms. The molecule has 1 saturated heterocycles. The molecular formula is C13H22FN5. The zero-order valence-electron chi connectivity index (χ0n) is 11.9. The molecule has 0 aliphatic carbocycles. The largest absolute Gasteiger partial charge is 0.360 e. The standard InChI is InChI=1S/C13H22FN5/c1-18(2)12-11(14)9-16-13(17-12)15-7-6-10-5-4-8-19(10)3/h9-10H,4-8H2,1-3H3,(H,15,16,17). The summed E-state index contributed by atoms with van der Waals surface area (Å²) in [5, 5.41) is 3.17. The Balaban J connectivity index is 1.87. The molecule has 0 radical (unpaired) electrons. The molecule has 1 aromatic heterocycles. The molecule has 0 aromatic carbocycles. The van der Waals surface area contributed by atoms with E-state index >= 15 is 0 Å². The van der Waals surface area contributed by atoms with Crippen molar-refractivity contribution in [3.63, 3.8) is 0 Å². The smallest absolute Gasteiger partial charge is 0.224 e. The average Bonchev–Trinajstić information content (AvgIpc) is 2.77. The van der Waals surface area contributed by atoms with Gasteiger partial charge < -0.3 is 15.1 Å². The van der Waals surface area contributed by atoms with Crippen LogP contribution in [0.5, 0.6) is 0 Å². The number of hydrogen-bond acceptors (Lipinski definition) is 5. The molecule has 1 aliphatic heterocycles. The summed E-state index contributed by atoms with van der Waals surface area (Å²) in [5.41, 5.74) is 0. The van der Waals surface area contributed by atoms with Crippen molar-refractivity contribution < 1.29 is 4.39 Å². The van der Waals surface area contributed by atoms with Crippen LogP contribution in [0.1, 0.15) is 19.3 Å². The minimum Gasteiger partial charge on any atom is -0.360 e. The van der Waals surface area contributed by atoms with Crippen molar-refractivity contribution >= 4 is 11.8 Å². The third-order valence-electron chi connectivity index (χ3n) is 3.58. The quantitative estimate of drug-likeness (QED) is 0.877. The molecule has 1 atom stereocenters. The highest BCUT2D eigenvalue weighted by molar-refractivity contribution is 5.42. The fourth-order valence-corrected chi connectivity index (χ4v) is 2.45. The zero-order valence-corrected chi connectivity index (χ0v) is 11.9. The van der Waals surface area contributed by atoms with E-state index in [-0.39, 0.29) is 0 Å². The van der Waals surface area contributed by atoms with Gasteiger partial charge in [0.1, 0.15) is 0 Å². The van der Waals surface area contributed by atoms with Crippen LogP contribution in [0.4, 0.5) is 16.2 Å². The Morgan fingerprint density at radius 3 is 2.95 bits per heavy atom. The summed E-state index contributed by atoms with van der Waals surface area (Å²) in [6.07, 6.45) is 4.81. The number of likely N-dealkylation sites (tertiary alicyclic amines) is 1. The number of rotatable bonds is 5. The molecule has 1 N–H and O–H groups in total. The van der Waals surface area contributed by atoms with E-state index in [4.69, 9.17) is 0 Å². The second-order valence-corrected chi connectivity index (χ2v) is 5.25. The second-order valence-electron chi connectivity index (χ2n) is 5.25. The van der Waals surface area contributed by atoms with Crippen molar-refractivity contribution in [2.24, 2.45) is 0 Å². The van der Waals surface area contributed by atoms with Crippen molar-refractivity contribution in [1.82, 2.24) is 14.9 Å². The summed E-state index contributed by atoms with van der Waals surface area (Å²) < 4.78 is 13.4. The van der Waals surface area contributed by atoms with Crippen LogP contribution in [0.3, 0.4) is 0 Å². The van der Waals surface area contributed by atoms with Crippen LogP contribution in [-0.2, 0) is 0 Å². The lowest BCUT2D eigenvalue weighted by Gasteiger charge is -2.19. The lowest BCUT2D eigenvalue weighted by molar-refractivity contribution is 0.301. The summed E-state index contributed by atoms with van der Waals surface area (Å²) in [5.74, 6) is 0.410. The van der Waals surface area contributed by atoms with Gasteiger partial charge in [0, 0.05) is 26.7 Å². The summed E-state index contributed by atoms with van der Waals surface area (Å²) in [6, 6.07) is 0.640. The maximum atomic E-state index is 13.4. The van der Waals surface area contributed by atoms with Crippen molar-refractivity contribution in [3.8, 4) is 0 Å². The number of nitrogens with one attached hydrogen (secondary N) is 1. The van der Waals surface area contributed by atoms with Crippen molar-refractivity contribution in [3.05, 3.63) is 12.0 Å². The molecule has 6 heteroatoms. The van der Waals surface area contributed by atoms with Gasteiger partial charge in [-0.15, -0.1) is 0 Å². The van der Waals surface area contributed by atoms with Crippen LogP contribution in [0.25, 0.3) is 0 Å². The van der Waals surface area contributed by atoms with E-state index < -0.39 is 5.82 Å². The number of nitrogens with zero attached hydrogens (tertiary/aromatic N) is 4. The number of halogens is 1. The van der Waals surface area contributed by atoms with Crippen LogP contribution in [-0.4, -0.2) is 55.1 Å². The van der Waals surface area contributed by atoms with E-state index in [1.807, 2.05) is 0 Å². The predicted octanol–water partition coefficient (Wildman–Crippen LogP) is 1.58. The first kappa shape index (κ1) is 14.0. The molecule has 0 saturated carbocycles. The molecule has 1 aliphatic rings. The summed E-state index contributed by atoms with van der Waals surface area (Å²) in [6.45, 7) is 2.00. The van der Waals surface area contributed by atoms with Crippen molar-refractivity contribution in [1.29, 1.82) is 0 Å². The predicted molar refractivity (Wildman–Crippen MR) is 75.1 cm³/mol. The van der Waals surface area contributed by atoms with Crippen molar-refractivity contribution in [2.75, 3.05) is 44.4 Å². The maximum Gasteiger partial charge on any atom is 0.224 e. The van der Waals surface area contributed by atoms with Crippen molar-refractivity contribution in [2.45, 2.75) is 25.3 Å². The van der Waals surface area contributed by atoms with E-state index in [2.05, 4.69) is 27.2 Å². The molecule has 1 fully saturated rings. The van der Waals surface area contributed by atoms with E-state index in [9.17, 15) is 4.39 Å². The Bertz CT molecular complexity index is 423. The van der Waals surface area contributed by atoms with Gasteiger partial charge >= 0.3 is 0 Å². The highest BCUT2D eigenvalue weighted by Gasteiger charge is 2.20. The van der Waals surface area contributed by atoms with E-state index in [1.165, 1.54) is 25.6 Å². The Morgan fingerprint density at radius 2 is 2.32 bits per heavy atom. The van der Waals surface area contributed by atoms with Gasteiger partial charge in [0.25, 0.3) is 0 Å². The molecular weight excluding hydrogens is 245 g/mol. The lowest BCUT2D eigenvalue weighted by Crippen LogP contribution is -2.27. The molecule has 0 spiro atoms. The van der Waals surface area contributed by atoms with Gasteiger partial charge in [-0.3, -0.25) is 0 Å². The van der Waals surface area contributed by atoms with E-state index in [0.717, 1.165) is 13.0 Å². The van der Waals surface area contributed by atoms with Crippen LogP contribution >= 0.6 is 0 Å². The summed E-state index contributed by atoms with van der Waals surface area (Å²) >= 11 is 0. The van der Waals surface area contributed by atoms with Crippen LogP contribution < -0.4 is 10.2 Å². The SMILES string of the molecule is CN(C)c1nc(NCCC2CCCN2C)ncc1F. The number of anilines is 2. The summed E-state index contributed by atoms with van der Waals surface area (Å²) in [4.78, 5) is 12.2. The molecule has 106 valence electrons. The molecule has 5 nitrogen and oxygen atoms in total. The Labute approximate surface area is 113 Å². The Morgan fingerprint density at radius 1 is 1.53 bits per heavy atom. The van der Waals surface area contributed by atoms with E-state index in [0.29, 0.717) is 17.8 Å². The van der Waals surface area contributed by atoms with Gasteiger partial charge in [-0.2, -0.15) is 4.98 Å². The van der Waals surface area contributed by atoms with Gasteiger partial charge in [-0.1, -0.05) is 0 Å². The lowest BCUT2D eigenvalue weighted by atomic mass is 10.1. The second kappa shape index (κ2) is 6.14. The van der Waals surface area contributed by atoms with Gasteiger partial charge in [0.05, 0.1) is 6.20 Å². The topological polar surface area (TPSA) is 44.3 Å². The average molecular weight is 267 g/mol. The molecule has 2 heterocycles. The minimum atomic E-state index is -0.397. The maximum absolute atomic E-state index is 13.4. The van der Waals surface area contributed by atoms with Crippen LogP contribution in [0.2, 0.25) is 0 Å². The first-order valence-electron chi connectivity index (χ1n) is 6.72. The number of aromatic nitrogens is 2. The fourth-order valence-electron chi connectivity index (χ4n) is 2.45. The minimum absolute atomic E-state index is 0.315. The van der Waals surface area contributed by atoms with Crippen LogP contribution in [0, 0.1) is 5.82 Å². The van der Waals surface area contributed by atoms with Crippen LogP contribution in [0.15, 0.2) is 6.20 Å². The molecule has 1 aromatic rings. The monoisotopic (exact) mass is 267 g/mol. The molecule has 1 unspecified atom stereocenters. The third-order valence-corrected chi connectivity index (χ3v) is 3.58. The fraction of sp³-hybridized carbons (Fsp3) is 0.692. The molecule has 19 heavy (non-hydrogen) atoms. The Kier molecular flexibility index (Phi) is 4.52. The summed E-state index contributed by atoms with van der Waals surface area (Å²) in [7, 11) is 5.70. The van der Waals surface area contributed by atoms with Gasteiger partial charge in [-0.05, 0) is 32.9 Å². The first-order chi connectivity index (χ1) is 9.08. The highest BCUT2D eigenvalue weighted by Crippen LogP contribution is 2.18. The van der Waals surface area contributed by atoms with Gasteiger partial charge in [-0.25, -0.2) is 9.37 Å². The normalized spacial score (nSPS) is 19.7. The number of hydrogen-bond donors (Lipinski definition) is 1. The van der Waals surface area contributed by atoms with Gasteiger partial charge in [0.15, 0.2) is 11.6 Å². The molecule has 0 amide bonds. The Hall–Kier alpha value is -1.43. The van der Waals surface area contributed by atoms with E-state index in [1.54, 1.807) is 19.0 Å². The first-order valence-corrected chi connectivity index (χ1v) is 6.72.